The Morgan fingerprint density at radius 1 is 1.06 bits per heavy atom. The van der Waals surface area contributed by atoms with Crippen LogP contribution in [-0.2, 0) is 31.6 Å². The molecule has 0 spiro atoms. The normalized spacial score (nSPS) is 22.2. The maximum Gasteiger partial charge on any atom is 0.330 e. The number of aryl methyl sites for hydroxylation is 1. The number of hydrogen-bond donors (Lipinski definition) is 1. The minimum absolute atomic E-state index is 0. The molecule has 1 fully saturated rings. The van der Waals surface area contributed by atoms with Crippen LogP contribution in [0.2, 0.25) is 0 Å². The summed E-state index contributed by atoms with van der Waals surface area (Å²) in [4.78, 5) is 68.2. The number of phosphoric ester groups is 1. The van der Waals surface area contributed by atoms with Gasteiger partial charge in [-0.3, -0.25) is 27.8 Å². The Kier molecular flexibility index (Phi) is 14.3. The minimum Gasteiger partial charge on any atom is -0.790 e. The molecule has 0 bridgehead atoms. The summed E-state index contributed by atoms with van der Waals surface area (Å²) >= 11 is 0. The van der Waals surface area contributed by atoms with Gasteiger partial charge in [0.2, 0.25) is 0 Å². The second-order valence-electron chi connectivity index (χ2n) is 5.57. The number of aromatic nitrogens is 2. The van der Waals surface area contributed by atoms with Crippen LogP contribution >= 0.6 is 23.5 Å². The zero-order valence-electron chi connectivity index (χ0n) is 16.9. The first kappa shape index (κ1) is 34.0. The summed E-state index contributed by atoms with van der Waals surface area (Å²) in [7, 11) is -17.7. The van der Waals surface area contributed by atoms with Gasteiger partial charge in [0.05, 0.1) is 20.5 Å². The van der Waals surface area contributed by atoms with E-state index in [1.54, 1.807) is 0 Å². The molecule has 3 radical (unpaired) electrons. The van der Waals surface area contributed by atoms with Crippen molar-refractivity contribution in [1.29, 1.82) is 0 Å². The van der Waals surface area contributed by atoms with Crippen LogP contribution in [0.5, 0.6) is 0 Å². The molecule has 2 heterocycles. The van der Waals surface area contributed by atoms with Crippen LogP contribution in [0.25, 0.3) is 0 Å². The summed E-state index contributed by atoms with van der Waals surface area (Å²) < 4.78 is 50.0. The van der Waals surface area contributed by atoms with Gasteiger partial charge in [-0.15, -0.1) is 0 Å². The van der Waals surface area contributed by atoms with Gasteiger partial charge in [0.1, 0.15) is 6.23 Å². The van der Waals surface area contributed by atoms with Gasteiger partial charge < -0.3 is 33.4 Å². The molecule has 163 valence electrons. The number of rotatable bonds is 8. The van der Waals surface area contributed by atoms with Crippen molar-refractivity contribution in [2.24, 2.45) is 0 Å². The number of ether oxygens (including phenoxy) is 1. The number of nitrogens with zero attached hydrogens (tertiary/aromatic N) is 1. The Balaban J connectivity index is 0. The van der Waals surface area contributed by atoms with Crippen LogP contribution in [0.15, 0.2) is 15.8 Å². The van der Waals surface area contributed by atoms with Gasteiger partial charge in [-0.2, -0.15) is 0 Å². The van der Waals surface area contributed by atoms with Crippen molar-refractivity contribution >= 4 is 80.0 Å². The Morgan fingerprint density at radius 2 is 1.65 bits per heavy atom. The zero-order valence-corrected chi connectivity index (χ0v) is 19.6. The van der Waals surface area contributed by atoms with E-state index in [1.807, 2.05) is 0 Å². The third-order valence-corrected chi connectivity index (χ3v) is 7.03. The Bertz CT molecular complexity index is 994. The Morgan fingerprint density at radius 3 is 2.19 bits per heavy atom. The van der Waals surface area contributed by atoms with Gasteiger partial charge in [-0.1, -0.05) is 0 Å². The van der Waals surface area contributed by atoms with Gasteiger partial charge in [-0.25, -0.2) is 9.11 Å². The molecule has 0 aromatic carbocycles. The molecule has 0 amide bonds. The molecule has 0 aliphatic carbocycles. The van der Waals surface area contributed by atoms with Crippen LogP contribution in [-0.4, -0.2) is 78.8 Å². The molecule has 1 aliphatic rings. The molecule has 1 aliphatic heterocycles. The molecule has 2 unspecified atom stereocenters. The first-order valence-electron chi connectivity index (χ1n) is 7.36. The van der Waals surface area contributed by atoms with Crippen LogP contribution < -0.4 is 30.8 Å². The van der Waals surface area contributed by atoms with E-state index in [9.17, 15) is 42.9 Å². The number of H-pyrrole nitrogens is 1. The zero-order chi connectivity index (χ0) is 21.3. The molecule has 2 rings (SSSR count). The summed E-state index contributed by atoms with van der Waals surface area (Å²) in [6, 6.07) is 0. The average Bonchev–Trinajstić information content (AvgIpc) is 2.94. The predicted octanol–water partition coefficient (Wildman–Crippen LogP) is -3.80. The number of phosphoric acid groups is 3. The smallest absolute Gasteiger partial charge is 0.330 e. The first-order chi connectivity index (χ1) is 12.7. The number of nitrogens with one attached hydrogen (secondary N) is 1. The van der Waals surface area contributed by atoms with Gasteiger partial charge in [0, 0.05) is 68.3 Å². The second-order valence-corrected chi connectivity index (χ2v) is 9.82. The first-order valence-corrected chi connectivity index (χ1v) is 11.7. The van der Waals surface area contributed by atoms with Crippen molar-refractivity contribution in [2.75, 3.05) is 6.61 Å². The van der Waals surface area contributed by atoms with E-state index in [0.29, 0.717) is 0 Å². The third kappa shape index (κ3) is 11.2. The van der Waals surface area contributed by atoms with E-state index in [0.717, 1.165) is 4.57 Å². The quantitative estimate of drug-likeness (QED) is 0.276. The number of aromatic amines is 1. The minimum atomic E-state index is -6.07. The fourth-order valence-electron chi connectivity index (χ4n) is 2.27. The van der Waals surface area contributed by atoms with Crippen molar-refractivity contribution in [2.45, 2.75) is 32.1 Å². The van der Waals surface area contributed by atoms with Gasteiger partial charge >= 0.3 is 5.69 Å². The third-order valence-electron chi connectivity index (χ3n) is 3.36. The van der Waals surface area contributed by atoms with E-state index in [2.05, 4.69) is 18.1 Å². The second kappa shape index (κ2) is 13.1. The molecule has 0 saturated carbocycles. The molecular formula is C10H13Li3N2O13P3-4. The molecule has 1 aromatic heterocycles. The molecule has 1 N–H and O–H groups in total. The van der Waals surface area contributed by atoms with E-state index in [-0.39, 0.29) is 75.0 Å². The van der Waals surface area contributed by atoms with Gasteiger partial charge in [-0.05, 0) is 19.8 Å². The molecule has 31 heavy (non-hydrogen) atoms. The van der Waals surface area contributed by atoms with Crippen molar-refractivity contribution in [3.63, 3.8) is 0 Å². The van der Waals surface area contributed by atoms with Crippen LogP contribution in [0.3, 0.4) is 0 Å². The Hall–Kier alpha value is 0.842. The van der Waals surface area contributed by atoms with E-state index >= 15 is 0 Å². The summed E-state index contributed by atoms with van der Waals surface area (Å²) in [5.41, 5.74) is -1.08. The molecule has 1 aromatic rings. The molecular weight excluding hydrogens is 470 g/mol. The van der Waals surface area contributed by atoms with Crippen LogP contribution in [0.4, 0.5) is 0 Å². The SMILES string of the molecule is Cc1cn([C@H]2CC[C@@H](COP(=O)([O-])OP(=O)([O-])OP(=O)([O-])[O-])O2)c(=O)[nH]c1=O.[Li].[Li].[Li]. The average molecular weight is 483 g/mol. The monoisotopic (exact) mass is 483 g/mol. The molecule has 21 heteroatoms. The van der Waals surface area contributed by atoms with Crippen molar-refractivity contribution in [3.8, 4) is 0 Å². The van der Waals surface area contributed by atoms with Gasteiger partial charge in [0.15, 0.2) is 0 Å². The standard InChI is InChI=1S/C10H17N2O13P3.3Li/c1-6-4-12(10(14)11-9(6)13)8-3-2-7(23-8)5-22-27(18,19)25-28(20,21)24-26(15,16)17;;;/h4,7-8H,2-3,5H2,1H3,(H,18,19)(H,20,21)(H,11,13,14)(H2,15,16,17);;;/p-4/t7-,8+;;;/m0.../s1. The summed E-state index contributed by atoms with van der Waals surface area (Å²) in [6.07, 6.45) is -0.0677. The molecule has 4 atom stereocenters. The fourth-order valence-corrected chi connectivity index (χ4v) is 5.16. The molecule has 1 saturated heterocycles. The fraction of sp³-hybridized carbons (Fsp3) is 0.600. The maximum atomic E-state index is 11.8. The Labute approximate surface area is 211 Å². The van der Waals surface area contributed by atoms with Crippen molar-refractivity contribution in [1.82, 2.24) is 9.55 Å². The summed E-state index contributed by atoms with van der Waals surface area (Å²) in [5, 5.41) is 0. The van der Waals surface area contributed by atoms with Crippen LogP contribution in [0.1, 0.15) is 24.6 Å². The number of hydrogen-bond acceptors (Lipinski definition) is 13. The van der Waals surface area contributed by atoms with Crippen molar-refractivity contribution < 1.29 is 51.2 Å². The summed E-state index contributed by atoms with van der Waals surface area (Å²) in [6.45, 7) is 0.724. The predicted molar refractivity (Wildman–Crippen MR) is 97.4 cm³/mol. The maximum absolute atomic E-state index is 11.8. The topological polar surface area (TPSA) is 235 Å². The van der Waals surface area contributed by atoms with Crippen molar-refractivity contribution in [3.05, 3.63) is 32.6 Å². The van der Waals surface area contributed by atoms with Gasteiger partial charge in [0.25, 0.3) is 21.2 Å². The summed E-state index contributed by atoms with van der Waals surface area (Å²) in [5.74, 6) is 0. The van der Waals surface area contributed by atoms with E-state index in [1.165, 1.54) is 13.1 Å². The van der Waals surface area contributed by atoms with Crippen LogP contribution in [0, 0.1) is 6.92 Å². The largest absolute Gasteiger partial charge is 0.790 e. The van der Waals surface area contributed by atoms with E-state index < -0.39 is 53.7 Å². The van der Waals surface area contributed by atoms with E-state index in [4.69, 9.17) is 4.74 Å². The molecule has 15 nitrogen and oxygen atoms in total.